The van der Waals surface area contributed by atoms with Crippen LogP contribution in [-0.2, 0) is 0 Å². The molecule has 1 aromatic heterocycles. The predicted octanol–water partition coefficient (Wildman–Crippen LogP) is 3.49. The summed E-state index contributed by atoms with van der Waals surface area (Å²) in [5.41, 5.74) is 7.53. The lowest BCUT2D eigenvalue weighted by Crippen LogP contribution is -2.45. The molecule has 3 atom stereocenters. The van der Waals surface area contributed by atoms with Crippen molar-refractivity contribution in [1.29, 1.82) is 0 Å². The number of likely N-dealkylation sites (tertiary alicyclic amines) is 1. The van der Waals surface area contributed by atoms with Crippen LogP contribution in [0.5, 0.6) is 0 Å². The third kappa shape index (κ3) is 2.79. The highest BCUT2D eigenvalue weighted by atomic mass is 32.1. The third-order valence-corrected chi connectivity index (χ3v) is 5.23. The Morgan fingerprint density at radius 1 is 1.44 bits per heavy atom. The van der Waals surface area contributed by atoms with Gasteiger partial charge in [0.15, 0.2) is 0 Å². The van der Waals surface area contributed by atoms with Crippen LogP contribution in [-0.4, -0.2) is 24.0 Å². The molecule has 0 radical (unpaired) electrons. The Bertz CT molecular complexity index is 399. The van der Waals surface area contributed by atoms with E-state index in [0.717, 1.165) is 12.5 Å². The molecule has 2 heterocycles. The first-order valence-corrected chi connectivity index (χ1v) is 7.87. The summed E-state index contributed by atoms with van der Waals surface area (Å²) in [6, 6.07) is 3.40. The number of aryl methyl sites for hydroxylation is 2. The zero-order valence-corrected chi connectivity index (χ0v) is 12.9. The van der Waals surface area contributed by atoms with Crippen molar-refractivity contribution in [2.75, 3.05) is 13.1 Å². The van der Waals surface area contributed by atoms with Crippen LogP contribution in [0, 0.1) is 19.8 Å². The number of nitrogens with zero attached hydrogens (tertiary/aromatic N) is 1. The van der Waals surface area contributed by atoms with Crippen LogP contribution in [0.2, 0.25) is 0 Å². The monoisotopic (exact) mass is 266 g/mol. The van der Waals surface area contributed by atoms with Crippen molar-refractivity contribution in [2.45, 2.75) is 52.6 Å². The van der Waals surface area contributed by atoms with Crippen LogP contribution in [0.3, 0.4) is 0 Å². The Morgan fingerprint density at radius 2 is 2.17 bits per heavy atom. The molecule has 0 saturated carbocycles. The van der Waals surface area contributed by atoms with E-state index in [-0.39, 0.29) is 0 Å². The molecule has 102 valence electrons. The summed E-state index contributed by atoms with van der Waals surface area (Å²) >= 11 is 1.90. The van der Waals surface area contributed by atoms with Crippen LogP contribution < -0.4 is 5.73 Å². The van der Waals surface area contributed by atoms with Crippen LogP contribution in [0.1, 0.15) is 48.0 Å². The molecule has 1 aliphatic heterocycles. The van der Waals surface area contributed by atoms with Gasteiger partial charge in [-0.25, -0.2) is 0 Å². The van der Waals surface area contributed by atoms with Crippen molar-refractivity contribution in [3.63, 3.8) is 0 Å². The summed E-state index contributed by atoms with van der Waals surface area (Å²) in [4.78, 5) is 5.46. The number of rotatable bonds is 3. The summed E-state index contributed by atoms with van der Waals surface area (Å²) in [6.45, 7) is 11.1. The molecule has 2 rings (SSSR count). The van der Waals surface area contributed by atoms with Gasteiger partial charge in [-0.05, 0) is 57.7 Å². The lowest BCUT2D eigenvalue weighted by Gasteiger charge is -2.41. The fraction of sp³-hybridized carbons (Fsp3) is 0.733. The lowest BCUT2D eigenvalue weighted by molar-refractivity contribution is 0.0847. The van der Waals surface area contributed by atoms with E-state index in [9.17, 15) is 0 Å². The molecule has 0 spiro atoms. The summed E-state index contributed by atoms with van der Waals surface area (Å²) < 4.78 is 0. The molecule has 2 N–H and O–H groups in total. The van der Waals surface area contributed by atoms with E-state index in [2.05, 4.69) is 38.7 Å². The van der Waals surface area contributed by atoms with Gasteiger partial charge < -0.3 is 5.73 Å². The molecule has 0 aromatic carbocycles. The molecule has 0 amide bonds. The maximum absolute atomic E-state index is 6.07. The maximum atomic E-state index is 6.07. The first kappa shape index (κ1) is 14.0. The van der Waals surface area contributed by atoms with Crippen LogP contribution in [0.15, 0.2) is 6.07 Å². The van der Waals surface area contributed by atoms with E-state index in [1.54, 1.807) is 0 Å². The van der Waals surface area contributed by atoms with E-state index >= 15 is 0 Å². The van der Waals surface area contributed by atoms with Crippen molar-refractivity contribution in [3.05, 3.63) is 21.4 Å². The summed E-state index contributed by atoms with van der Waals surface area (Å²) in [7, 11) is 0. The topological polar surface area (TPSA) is 29.3 Å². The minimum atomic E-state index is 0.414. The van der Waals surface area contributed by atoms with Gasteiger partial charge in [0, 0.05) is 28.4 Å². The molecule has 1 aromatic rings. The third-order valence-electron chi connectivity index (χ3n) is 4.25. The summed E-state index contributed by atoms with van der Waals surface area (Å²) in [5.74, 6) is 0.861. The summed E-state index contributed by atoms with van der Waals surface area (Å²) in [5, 5.41) is 0. The minimum Gasteiger partial charge on any atom is -0.329 e. The molecule has 18 heavy (non-hydrogen) atoms. The molecule has 1 saturated heterocycles. The Balaban J connectivity index is 2.20. The smallest absolute Gasteiger partial charge is 0.0484 e. The molecular formula is C15H26N2S. The largest absolute Gasteiger partial charge is 0.329 e. The Hall–Kier alpha value is -0.380. The van der Waals surface area contributed by atoms with Crippen molar-refractivity contribution >= 4 is 11.3 Å². The normalized spacial score (nSPS) is 27.4. The minimum absolute atomic E-state index is 0.414. The molecular weight excluding hydrogens is 240 g/mol. The van der Waals surface area contributed by atoms with Crippen molar-refractivity contribution in [2.24, 2.45) is 11.7 Å². The van der Waals surface area contributed by atoms with Crippen LogP contribution in [0.25, 0.3) is 0 Å². The van der Waals surface area contributed by atoms with Gasteiger partial charge in [-0.15, -0.1) is 11.3 Å². The Morgan fingerprint density at radius 3 is 2.67 bits per heavy atom. The van der Waals surface area contributed by atoms with Crippen molar-refractivity contribution in [1.82, 2.24) is 4.90 Å². The fourth-order valence-corrected chi connectivity index (χ4v) is 4.29. The quantitative estimate of drug-likeness (QED) is 0.907. The molecule has 0 aliphatic carbocycles. The molecule has 0 bridgehead atoms. The van der Waals surface area contributed by atoms with Crippen LogP contribution >= 0.6 is 11.3 Å². The number of hydrogen-bond acceptors (Lipinski definition) is 3. The van der Waals surface area contributed by atoms with Gasteiger partial charge in [-0.3, -0.25) is 4.90 Å². The first-order valence-electron chi connectivity index (χ1n) is 7.05. The second kappa shape index (κ2) is 5.72. The zero-order chi connectivity index (χ0) is 13.3. The molecule has 1 fully saturated rings. The molecule has 2 nitrogen and oxygen atoms in total. The Kier molecular flexibility index (Phi) is 4.46. The lowest BCUT2D eigenvalue weighted by atomic mass is 9.90. The summed E-state index contributed by atoms with van der Waals surface area (Å²) in [6.07, 6.45) is 2.61. The van der Waals surface area contributed by atoms with Crippen molar-refractivity contribution < 1.29 is 0 Å². The van der Waals surface area contributed by atoms with Gasteiger partial charge in [-0.2, -0.15) is 0 Å². The van der Waals surface area contributed by atoms with Crippen LogP contribution in [0.4, 0.5) is 0 Å². The zero-order valence-electron chi connectivity index (χ0n) is 12.1. The molecule has 3 heteroatoms. The maximum Gasteiger partial charge on any atom is 0.0484 e. The Labute approximate surface area is 115 Å². The van der Waals surface area contributed by atoms with Gasteiger partial charge in [0.1, 0.15) is 0 Å². The van der Waals surface area contributed by atoms with E-state index in [4.69, 9.17) is 5.73 Å². The van der Waals surface area contributed by atoms with E-state index in [0.29, 0.717) is 12.1 Å². The molecule has 1 aliphatic rings. The second-order valence-electron chi connectivity index (χ2n) is 5.84. The van der Waals surface area contributed by atoms with Gasteiger partial charge in [-0.1, -0.05) is 6.92 Å². The number of hydrogen-bond donors (Lipinski definition) is 1. The van der Waals surface area contributed by atoms with Gasteiger partial charge in [0.05, 0.1) is 0 Å². The van der Waals surface area contributed by atoms with Gasteiger partial charge in [0.2, 0.25) is 0 Å². The van der Waals surface area contributed by atoms with Gasteiger partial charge in [0.25, 0.3) is 0 Å². The first-order chi connectivity index (χ1) is 8.52. The average molecular weight is 266 g/mol. The van der Waals surface area contributed by atoms with Gasteiger partial charge >= 0.3 is 0 Å². The molecule has 3 unspecified atom stereocenters. The van der Waals surface area contributed by atoms with E-state index < -0.39 is 0 Å². The SMILES string of the molecule is Cc1cc(C(CN)N2CCC(C)CC2C)c(C)s1. The number of piperidine rings is 1. The van der Waals surface area contributed by atoms with Crippen molar-refractivity contribution in [3.8, 4) is 0 Å². The predicted molar refractivity (Wildman–Crippen MR) is 80.2 cm³/mol. The average Bonchev–Trinajstić information content (AvgIpc) is 2.62. The standard InChI is InChI=1S/C15H26N2S/c1-10-5-6-17(11(2)7-10)15(9-16)14-8-12(3)18-13(14)4/h8,10-11,15H,5-7,9,16H2,1-4H3. The van der Waals surface area contributed by atoms with E-state index in [1.807, 2.05) is 11.3 Å². The highest BCUT2D eigenvalue weighted by molar-refractivity contribution is 7.12. The van der Waals surface area contributed by atoms with E-state index in [1.165, 1.54) is 34.7 Å². The number of thiophene rings is 1. The highest BCUT2D eigenvalue weighted by Gasteiger charge is 2.30. The highest BCUT2D eigenvalue weighted by Crippen LogP contribution is 2.34. The second-order valence-corrected chi connectivity index (χ2v) is 7.30. The fourth-order valence-electron chi connectivity index (χ4n) is 3.31. The number of nitrogens with two attached hydrogens (primary N) is 1.